The number of ether oxygens (including phenoxy) is 2. The van der Waals surface area contributed by atoms with Gasteiger partial charge in [0.25, 0.3) is 5.69 Å². The number of nitrogens with zero attached hydrogens (tertiary/aromatic N) is 1. The van der Waals surface area contributed by atoms with E-state index in [1.54, 1.807) is 30.4 Å². The highest BCUT2D eigenvalue weighted by atomic mass is 32.1. The van der Waals surface area contributed by atoms with E-state index < -0.39 is 16.8 Å². The number of thiophene rings is 1. The number of Topliss-reactive ketones (excluding diaryl/α,β-unsaturated/α-hetero) is 1. The number of ketones is 1. The first kappa shape index (κ1) is 24.8. The van der Waals surface area contributed by atoms with Gasteiger partial charge in [-0.3, -0.25) is 14.9 Å². The zero-order valence-electron chi connectivity index (χ0n) is 19.9. The fraction of sp³-hybridized carbons (Fsp3) is 0.385. The van der Waals surface area contributed by atoms with Crippen LogP contribution in [0, 0.1) is 10.1 Å². The quantitative estimate of drug-likeness (QED) is 0.237. The van der Waals surface area contributed by atoms with E-state index in [4.69, 9.17) is 9.47 Å². The number of non-ortho nitro benzene ring substituents is 1. The van der Waals surface area contributed by atoms with Gasteiger partial charge in [-0.05, 0) is 44.2 Å². The number of carbonyl (C=O) groups excluding carboxylic acids is 2. The van der Waals surface area contributed by atoms with Crippen LogP contribution in [-0.4, -0.2) is 36.0 Å². The first-order valence-corrected chi connectivity index (χ1v) is 12.4. The molecule has 8 nitrogen and oxygen atoms in total. The SMILES string of the molecule is CC1=C(C(=O)OCCOC(C)C)[C@H](c2ccc([N+](=O)[O-])cc2)C2=C(C[C@@H](c3cccs3)CC2=O)N1. The molecular weight excluding hydrogens is 468 g/mol. The molecule has 0 saturated carbocycles. The Labute approximate surface area is 207 Å². The molecule has 2 atom stereocenters. The van der Waals surface area contributed by atoms with E-state index in [0.29, 0.717) is 35.2 Å². The van der Waals surface area contributed by atoms with Crippen LogP contribution in [0.2, 0.25) is 0 Å². The molecule has 1 aromatic carbocycles. The number of dihydropyridines is 1. The molecule has 184 valence electrons. The van der Waals surface area contributed by atoms with E-state index in [2.05, 4.69) is 5.32 Å². The van der Waals surface area contributed by atoms with E-state index in [0.717, 1.165) is 10.6 Å². The first-order chi connectivity index (χ1) is 16.8. The summed E-state index contributed by atoms with van der Waals surface area (Å²) in [5.41, 5.74) is 2.85. The van der Waals surface area contributed by atoms with Gasteiger partial charge >= 0.3 is 5.97 Å². The highest BCUT2D eigenvalue weighted by molar-refractivity contribution is 7.10. The number of rotatable bonds is 8. The van der Waals surface area contributed by atoms with E-state index in [-0.39, 0.29) is 36.7 Å². The van der Waals surface area contributed by atoms with Crippen molar-refractivity contribution >= 4 is 28.8 Å². The number of nitro groups is 1. The molecule has 0 spiro atoms. The zero-order chi connectivity index (χ0) is 25.1. The predicted molar refractivity (Wildman–Crippen MR) is 132 cm³/mol. The van der Waals surface area contributed by atoms with Crippen LogP contribution in [0.15, 0.2) is 64.3 Å². The Balaban J connectivity index is 1.70. The van der Waals surface area contributed by atoms with Crippen molar-refractivity contribution in [3.8, 4) is 0 Å². The fourth-order valence-electron chi connectivity index (χ4n) is 4.65. The molecule has 0 bridgehead atoms. The van der Waals surface area contributed by atoms with Gasteiger partial charge in [-0.2, -0.15) is 0 Å². The molecule has 1 aromatic heterocycles. The van der Waals surface area contributed by atoms with Crippen molar-refractivity contribution in [2.45, 2.75) is 51.6 Å². The Kier molecular flexibility index (Phi) is 7.47. The summed E-state index contributed by atoms with van der Waals surface area (Å²) in [6.45, 7) is 5.94. The van der Waals surface area contributed by atoms with Gasteiger partial charge in [-0.25, -0.2) is 4.79 Å². The maximum absolute atomic E-state index is 13.5. The Morgan fingerprint density at radius 3 is 2.57 bits per heavy atom. The van der Waals surface area contributed by atoms with Crippen molar-refractivity contribution in [2.24, 2.45) is 0 Å². The Hall–Kier alpha value is -3.30. The van der Waals surface area contributed by atoms with Gasteiger partial charge < -0.3 is 14.8 Å². The standard InChI is InChI=1S/C26H28N2O6S/c1-15(2)33-10-11-34-26(30)23-16(3)27-20-13-18(22-5-4-12-35-22)14-21(29)25(20)24(23)17-6-8-19(9-7-17)28(31)32/h4-9,12,15,18,24,27H,10-11,13-14H2,1-3H3/t18-,24+/m1/s1. The van der Waals surface area contributed by atoms with Gasteiger partial charge in [-0.15, -0.1) is 11.3 Å². The van der Waals surface area contributed by atoms with E-state index in [1.165, 1.54) is 12.1 Å². The molecule has 0 saturated heterocycles. The summed E-state index contributed by atoms with van der Waals surface area (Å²) in [6.07, 6.45) is 1.00. The van der Waals surface area contributed by atoms with Crippen molar-refractivity contribution in [1.29, 1.82) is 0 Å². The summed E-state index contributed by atoms with van der Waals surface area (Å²) in [7, 11) is 0. The van der Waals surface area contributed by atoms with Gasteiger partial charge in [0, 0.05) is 52.2 Å². The highest BCUT2D eigenvalue weighted by Gasteiger charge is 2.41. The lowest BCUT2D eigenvalue weighted by molar-refractivity contribution is -0.384. The Morgan fingerprint density at radius 2 is 1.94 bits per heavy atom. The minimum Gasteiger partial charge on any atom is -0.460 e. The lowest BCUT2D eigenvalue weighted by atomic mass is 9.72. The maximum atomic E-state index is 13.5. The first-order valence-electron chi connectivity index (χ1n) is 11.6. The summed E-state index contributed by atoms with van der Waals surface area (Å²) in [5.74, 6) is -1.17. The van der Waals surface area contributed by atoms with Crippen molar-refractivity contribution in [2.75, 3.05) is 13.2 Å². The van der Waals surface area contributed by atoms with Crippen LogP contribution in [-0.2, 0) is 19.1 Å². The lowest BCUT2D eigenvalue weighted by Crippen LogP contribution is -2.36. The number of esters is 1. The van der Waals surface area contributed by atoms with Crippen molar-refractivity contribution in [1.82, 2.24) is 5.32 Å². The van der Waals surface area contributed by atoms with Crippen molar-refractivity contribution in [3.63, 3.8) is 0 Å². The van der Waals surface area contributed by atoms with Crippen LogP contribution in [0.1, 0.15) is 55.9 Å². The molecule has 0 radical (unpaired) electrons. The average Bonchev–Trinajstić information content (AvgIpc) is 3.36. The van der Waals surface area contributed by atoms with Crippen molar-refractivity contribution in [3.05, 3.63) is 84.9 Å². The molecule has 1 aliphatic heterocycles. The molecule has 2 aromatic rings. The summed E-state index contributed by atoms with van der Waals surface area (Å²) in [6, 6.07) is 10.0. The fourth-order valence-corrected chi connectivity index (χ4v) is 5.48. The van der Waals surface area contributed by atoms with Crippen LogP contribution in [0.3, 0.4) is 0 Å². The van der Waals surface area contributed by atoms with Gasteiger partial charge in [0.1, 0.15) is 6.61 Å². The second-order valence-corrected chi connectivity index (χ2v) is 9.92. The van der Waals surface area contributed by atoms with Gasteiger partial charge in [-0.1, -0.05) is 18.2 Å². The average molecular weight is 497 g/mol. The summed E-state index contributed by atoms with van der Waals surface area (Å²) >= 11 is 1.63. The third-order valence-electron chi connectivity index (χ3n) is 6.20. The smallest absolute Gasteiger partial charge is 0.336 e. The van der Waals surface area contributed by atoms with Gasteiger partial charge in [0.2, 0.25) is 0 Å². The van der Waals surface area contributed by atoms with Crippen LogP contribution in [0.25, 0.3) is 0 Å². The predicted octanol–water partition coefficient (Wildman–Crippen LogP) is 4.99. The van der Waals surface area contributed by atoms with Crippen LogP contribution < -0.4 is 5.32 Å². The third-order valence-corrected chi connectivity index (χ3v) is 7.23. The number of hydrogen-bond acceptors (Lipinski definition) is 8. The largest absolute Gasteiger partial charge is 0.460 e. The number of allylic oxidation sites excluding steroid dienone is 3. The lowest BCUT2D eigenvalue weighted by Gasteiger charge is -2.36. The molecule has 0 unspecified atom stereocenters. The molecular formula is C26H28N2O6S. The maximum Gasteiger partial charge on any atom is 0.336 e. The number of nitrogens with one attached hydrogen (secondary N) is 1. The normalized spacial score (nSPS) is 20.1. The Morgan fingerprint density at radius 1 is 1.20 bits per heavy atom. The van der Waals surface area contributed by atoms with Crippen LogP contribution >= 0.6 is 11.3 Å². The number of nitro benzene ring substituents is 1. The molecule has 4 rings (SSSR count). The zero-order valence-corrected chi connectivity index (χ0v) is 20.7. The summed E-state index contributed by atoms with van der Waals surface area (Å²) in [4.78, 5) is 38.6. The Bertz CT molecular complexity index is 1180. The molecule has 35 heavy (non-hydrogen) atoms. The number of hydrogen-bond donors (Lipinski definition) is 1. The summed E-state index contributed by atoms with van der Waals surface area (Å²) in [5, 5.41) is 16.5. The minimum absolute atomic E-state index is 0.0164. The van der Waals surface area contributed by atoms with Crippen molar-refractivity contribution < 1.29 is 24.0 Å². The molecule has 2 heterocycles. The molecule has 0 fully saturated rings. The molecule has 9 heteroatoms. The highest BCUT2D eigenvalue weighted by Crippen LogP contribution is 2.46. The third kappa shape index (κ3) is 5.36. The van der Waals surface area contributed by atoms with Crippen LogP contribution in [0.5, 0.6) is 0 Å². The van der Waals surface area contributed by atoms with Gasteiger partial charge in [0.05, 0.1) is 23.2 Å². The summed E-state index contributed by atoms with van der Waals surface area (Å²) < 4.78 is 11.0. The van der Waals surface area contributed by atoms with E-state index in [9.17, 15) is 19.7 Å². The van der Waals surface area contributed by atoms with Crippen LogP contribution in [0.4, 0.5) is 5.69 Å². The van der Waals surface area contributed by atoms with E-state index >= 15 is 0 Å². The second kappa shape index (κ2) is 10.5. The molecule has 2 aliphatic rings. The molecule has 1 aliphatic carbocycles. The topological polar surface area (TPSA) is 108 Å². The minimum atomic E-state index is -0.664. The number of benzene rings is 1. The molecule has 0 amide bonds. The van der Waals surface area contributed by atoms with Gasteiger partial charge in [0.15, 0.2) is 5.78 Å². The van der Waals surface area contributed by atoms with E-state index in [1.807, 2.05) is 31.4 Å². The number of carbonyl (C=O) groups is 2. The molecule has 1 N–H and O–H groups in total. The monoisotopic (exact) mass is 496 g/mol. The second-order valence-electron chi connectivity index (χ2n) is 8.94.